The molecule has 0 radical (unpaired) electrons. The molecule has 0 aliphatic heterocycles. The van der Waals surface area contributed by atoms with Crippen LogP contribution in [0.1, 0.15) is 22.8 Å². The van der Waals surface area contributed by atoms with Crippen molar-refractivity contribution in [2.45, 2.75) is 12.5 Å². The molecule has 0 saturated carbocycles. The van der Waals surface area contributed by atoms with Crippen LogP contribution in [0, 0.1) is 11.6 Å². The molecule has 0 heterocycles. The number of halogens is 2. The summed E-state index contributed by atoms with van der Waals surface area (Å²) in [6.45, 7) is 1.11. The predicted molar refractivity (Wildman–Crippen MR) is 81.3 cm³/mol. The fourth-order valence-corrected chi connectivity index (χ4v) is 2.14. The zero-order chi connectivity index (χ0) is 17.0. The number of nitrogens with one attached hydrogen (secondary N) is 1. The van der Waals surface area contributed by atoms with E-state index in [2.05, 4.69) is 5.32 Å². The van der Waals surface area contributed by atoms with E-state index in [4.69, 9.17) is 4.74 Å². The van der Waals surface area contributed by atoms with Crippen molar-refractivity contribution < 1.29 is 23.4 Å². The molecule has 0 bridgehead atoms. The molecule has 0 aliphatic carbocycles. The van der Waals surface area contributed by atoms with E-state index in [1.807, 2.05) is 0 Å². The average molecular weight is 321 g/mol. The second-order valence-electron chi connectivity index (χ2n) is 5.31. The van der Waals surface area contributed by atoms with Gasteiger partial charge in [-0.1, -0.05) is 12.1 Å². The number of amides is 1. The van der Waals surface area contributed by atoms with E-state index in [1.54, 1.807) is 24.3 Å². The number of rotatable bonds is 5. The molecule has 1 unspecified atom stereocenters. The van der Waals surface area contributed by atoms with Crippen molar-refractivity contribution in [2.75, 3.05) is 13.7 Å². The van der Waals surface area contributed by atoms with Crippen LogP contribution in [0.3, 0.4) is 0 Å². The molecular weight excluding hydrogens is 304 g/mol. The van der Waals surface area contributed by atoms with Gasteiger partial charge in [0.15, 0.2) is 0 Å². The lowest BCUT2D eigenvalue weighted by atomic mass is 9.95. The second-order valence-corrected chi connectivity index (χ2v) is 5.31. The molecule has 23 heavy (non-hydrogen) atoms. The molecule has 6 heteroatoms. The molecule has 4 nitrogen and oxygen atoms in total. The van der Waals surface area contributed by atoms with E-state index in [0.29, 0.717) is 17.4 Å². The van der Waals surface area contributed by atoms with Crippen molar-refractivity contribution in [3.05, 3.63) is 65.2 Å². The molecule has 2 N–H and O–H groups in total. The average Bonchev–Trinajstić information content (AvgIpc) is 2.52. The van der Waals surface area contributed by atoms with Crippen LogP contribution < -0.4 is 10.1 Å². The summed E-state index contributed by atoms with van der Waals surface area (Å²) >= 11 is 0. The van der Waals surface area contributed by atoms with Gasteiger partial charge in [0.25, 0.3) is 5.91 Å². The van der Waals surface area contributed by atoms with Gasteiger partial charge in [-0.3, -0.25) is 4.79 Å². The van der Waals surface area contributed by atoms with E-state index < -0.39 is 23.1 Å². The molecule has 0 fully saturated rings. The van der Waals surface area contributed by atoms with Crippen LogP contribution in [0.2, 0.25) is 0 Å². The van der Waals surface area contributed by atoms with Gasteiger partial charge in [-0.15, -0.1) is 0 Å². The summed E-state index contributed by atoms with van der Waals surface area (Å²) in [5, 5.41) is 12.9. The third-order valence-corrected chi connectivity index (χ3v) is 3.44. The van der Waals surface area contributed by atoms with Crippen LogP contribution in [0.4, 0.5) is 8.78 Å². The zero-order valence-corrected chi connectivity index (χ0v) is 12.8. The van der Waals surface area contributed by atoms with Crippen LogP contribution in [0.15, 0.2) is 42.5 Å². The van der Waals surface area contributed by atoms with Crippen LogP contribution in [0.5, 0.6) is 5.75 Å². The molecule has 2 aromatic carbocycles. The number of carbonyl (C=O) groups is 1. The number of aliphatic hydroxyl groups is 1. The molecule has 1 amide bonds. The van der Waals surface area contributed by atoms with Gasteiger partial charge in [0.2, 0.25) is 0 Å². The first kappa shape index (κ1) is 16.9. The standard InChI is InChI=1S/C17H17F2NO3/c1-17(22,14-7-6-12(18)9-15(14)19)10-20-16(21)11-4-3-5-13(8-11)23-2/h3-9,22H,10H2,1-2H3,(H,20,21). The smallest absolute Gasteiger partial charge is 0.251 e. The molecule has 1 atom stereocenters. The lowest BCUT2D eigenvalue weighted by molar-refractivity contribution is 0.0494. The Labute approximate surface area is 132 Å². The van der Waals surface area contributed by atoms with E-state index in [1.165, 1.54) is 14.0 Å². The summed E-state index contributed by atoms with van der Waals surface area (Å²) < 4.78 is 31.7. The Kier molecular flexibility index (Phi) is 4.95. The van der Waals surface area contributed by atoms with E-state index >= 15 is 0 Å². The van der Waals surface area contributed by atoms with Gasteiger partial charge in [0, 0.05) is 17.2 Å². The van der Waals surface area contributed by atoms with E-state index in [9.17, 15) is 18.7 Å². The number of carbonyl (C=O) groups excluding carboxylic acids is 1. The van der Waals surface area contributed by atoms with Crippen molar-refractivity contribution >= 4 is 5.91 Å². The van der Waals surface area contributed by atoms with Gasteiger partial charge in [-0.05, 0) is 31.2 Å². The SMILES string of the molecule is COc1cccc(C(=O)NCC(C)(O)c2ccc(F)cc2F)c1. The highest BCUT2D eigenvalue weighted by molar-refractivity contribution is 5.94. The van der Waals surface area contributed by atoms with Crippen LogP contribution >= 0.6 is 0 Å². The van der Waals surface area contributed by atoms with Crippen molar-refractivity contribution in [1.29, 1.82) is 0 Å². The molecular formula is C17H17F2NO3. The Morgan fingerprint density at radius 1 is 1.26 bits per heavy atom. The highest BCUT2D eigenvalue weighted by Gasteiger charge is 2.27. The minimum Gasteiger partial charge on any atom is -0.497 e. The molecule has 0 aliphatic rings. The van der Waals surface area contributed by atoms with E-state index in [-0.39, 0.29) is 12.1 Å². The third kappa shape index (κ3) is 4.04. The van der Waals surface area contributed by atoms with Crippen molar-refractivity contribution in [2.24, 2.45) is 0 Å². The summed E-state index contributed by atoms with van der Waals surface area (Å²) in [4.78, 5) is 12.1. The first-order chi connectivity index (χ1) is 10.8. The summed E-state index contributed by atoms with van der Waals surface area (Å²) in [6.07, 6.45) is 0. The minimum absolute atomic E-state index is 0.0927. The fourth-order valence-electron chi connectivity index (χ4n) is 2.14. The normalized spacial score (nSPS) is 13.3. The summed E-state index contributed by atoms with van der Waals surface area (Å²) in [6, 6.07) is 9.38. The lowest BCUT2D eigenvalue weighted by Crippen LogP contribution is -2.39. The first-order valence-electron chi connectivity index (χ1n) is 6.93. The quantitative estimate of drug-likeness (QED) is 0.890. The molecule has 0 spiro atoms. The zero-order valence-electron chi connectivity index (χ0n) is 12.8. The van der Waals surface area contributed by atoms with Gasteiger partial charge < -0.3 is 15.2 Å². The summed E-state index contributed by atoms with van der Waals surface area (Å²) in [5.41, 5.74) is -1.42. The van der Waals surface area contributed by atoms with Crippen LogP contribution in [0.25, 0.3) is 0 Å². The molecule has 2 rings (SSSR count). The van der Waals surface area contributed by atoms with Crippen molar-refractivity contribution in [3.63, 3.8) is 0 Å². The van der Waals surface area contributed by atoms with Crippen molar-refractivity contribution in [3.8, 4) is 5.75 Å². The fraction of sp³-hybridized carbons (Fsp3) is 0.235. The Hall–Kier alpha value is -2.47. The maximum Gasteiger partial charge on any atom is 0.251 e. The number of methoxy groups -OCH3 is 1. The molecule has 122 valence electrons. The van der Waals surface area contributed by atoms with Gasteiger partial charge in [-0.25, -0.2) is 8.78 Å². The largest absolute Gasteiger partial charge is 0.497 e. The number of ether oxygens (including phenoxy) is 1. The van der Waals surface area contributed by atoms with Crippen LogP contribution in [-0.4, -0.2) is 24.7 Å². The molecule has 0 saturated heterocycles. The third-order valence-electron chi connectivity index (χ3n) is 3.44. The number of hydrogen-bond donors (Lipinski definition) is 2. The highest BCUT2D eigenvalue weighted by atomic mass is 19.1. The minimum atomic E-state index is -1.67. The Bertz CT molecular complexity index is 717. The summed E-state index contributed by atoms with van der Waals surface area (Å²) in [5.74, 6) is -1.52. The predicted octanol–water partition coefficient (Wildman–Crippen LogP) is 2.61. The summed E-state index contributed by atoms with van der Waals surface area (Å²) in [7, 11) is 1.49. The Morgan fingerprint density at radius 3 is 2.65 bits per heavy atom. The van der Waals surface area contributed by atoms with Crippen LogP contribution in [-0.2, 0) is 5.60 Å². The van der Waals surface area contributed by atoms with Gasteiger partial charge in [-0.2, -0.15) is 0 Å². The number of benzene rings is 2. The molecule has 2 aromatic rings. The maximum atomic E-state index is 13.8. The molecule has 0 aromatic heterocycles. The first-order valence-corrected chi connectivity index (χ1v) is 6.93. The van der Waals surface area contributed by atoms with E-state index in [0.717, 1.165) is 12.1 Å². The van der Waals surface area contributed by atoms with Gasteiger partial charge in [0.1, 0.15) is 23.0 Å². The monoisotopic (exact) mass is 321 g/mol. The van der Waals surface area contributed by atoms with Gasteiger partial charge >= 0.3 is 0 Å². The Balaban J connectivity index is 2.10. The topological polar surface area (TPSA) is 58.6 Å². The lowest BCUT2D eigenvalue weighted by Gasteiger charge is -2.24. The Morgan fingerprint density at radius 2 is 2.00 bits per heavy atom. The van der Waals surface area contributed by atoms with Gasteiger partial charge in [0.05, 0.1) is 13.7 Å². The van der Waals surface area contributed by atoms with Crippen molar-refractivity contribution in [1.82, 2.24) is 5.32 Å². The second kappa shape index (κ2) is 6.75. The number of hydrogen-bond acceptors (Lipinski definition) is 3. The maximum absolute atomic E-state index is 13.8. The highest BCUT2D eigenvalue weighted by Crippen LogP contribution is 2.23.